The molecule has 3 aromatic carbocycles. The first-order chi connectivity index (χ1) is 17.0. The number of ether oxygens (including phenoxy) is 1. The van der Waals surface area contributed by atoms with Gasteiger partial charge < -0.3 is 15.0 Å². The molecule has 0 unspecified atom stereocenters. The fraction of sp³-hybridized carbons (Fsp3) is 0.241. The number of hydrogen-bond donors (Lipinski definition) is 1. The van der Waals surface area contributed by atoms with E-state index in [1.807, 2.05) is 31.2 Å². The molecule has 4 aromatic rings. The minimum absolute atomic E-state index is 0.0974. The topological polar surface area (TPSA) is 54.5 Å². The summed E-state index contributed by atoms with van der Waals surface area (Å²) in [5.41, 5.74) is 4.97. The van der Waals surface area contributed by atoms with Crippen LogP contribution in [0.25, 0.3) is 10.9 Å². The number of aryl methyl sites for hydroxylation is 1. The van der Waals surface area contributed by atoms with Gasteiger partial charge in [0.05, 0.1) is 5.52 Å². The zero-order chi connectivity index (χ0) is 24.2. The predicted octanol–water partition coefficient (Wildman–Crippen LogP) is 6.60. The lowest BCUT2D eigenvalue weighted by Gasteiger charge is -2.34. The van der Waals surface area contributed by atoms with Crippen LogP contribution in [0.1, 0.15) is 30.0 Å². The highest BCUT2D eigenvalue weighted by atomic mass is 35.5. The van der Waals surface area contributed by atoms with Crippen molar-refractivity contribution in [2.45, 2.75) is 25.7 Å². The Morgan fingerprint density at radius 3 is 2.51 bits per heavy atom. The van der Waals surface area contributed by atoms with E-state index in [-0.39, 0.29) is 12.5 Å². The van der Waals surface area contributed by atoms with Crippen LogP contribution in [-0.2, 0) is 4.79 Å². The maximum Gasteiger partial charge on any atom is 0.262 e. The Labute approximate surface area is 210 Å². The largest absolute Gasteiger partial charge is 0.483 e. The molecule has 0 saturated carbocycles. The zero-order valence-corrected chi connectivity index (χ0v) is 20.5. The monoisotopic (exact) mass is 485 g/mol. The number of carbonyl (C=O) groups is 1. The van der Waals surface area contributed by atoms with Gasteiger partial charge in [-0.25, -0.2) is 0 Å². The van der Waals surface area contributed by atoms with Gasteiger partial charge in [0.2, 0.25) is 0 Å². The normalized spacial score (nSPS) is 14.2. The van der Waals surface area contributed by atoms with Crippen molar-refractivity contribution < 1.29 is 9.53 Å². The standard InChI is InChI=1S/C29H28ClN3O2/c1-20-17-28(26-18-23(30)7-12-27(26)31-20)35-19-29(34)32-24-8-10-25(11-9-24)33-15-13-22(14-16-33)21-5-3-2-4-6-21/h2-12,17-18,22H,13-16,19H2,1H3,(H,32,34). The van der Waals surface area contributed by atoms with Gasteiger partial charge in [-0.1, -0.05) is 41.9 Å². The van der Waals surface area contributed by atoms with Crippen molar-refractivity contribution in [3.05, 3.63) is 95.1 Å². The molecule has 35 heavy (non-hydrogen) atoms. The minimum Gasteiger partial charge on any atom is -0.483 e. The second-order valence-corrected chi connectivity index (χ2v) is 9.42. The average Bonchev–Trinajstić information content (AvgIpc) is 2.89. The van der Waals surface area contributed by atoms with Crippen molar-refractivity contribution in [2.24, 2.45) is 0 Å². The number of hydrogen-bond acceptors (Lipinski definition) is 4. The zero-order valence-electron chi connectivity index (χ0n) is 19.7. The summed E-state index contributed by atoms with van der Waals surface area (Å²) < 4.78 is 5.84. The van der Waals surface area contributed by atoms with E-state index < -0.39 is 0 Å². The summed E-state index contributed by atoms with van der Waals surface area (Å²) in [4.78, 5) is 19.5. The lowest BCUT2D eigenvalue weighted by Crippen LogP contribution is -2.32. The highest BCUT2D eigenvalue weighted by Gasteiger charge is 2.20. The number of benzene rings is 3. The molecule has 5 nitrogen and oxygen atoms in total. The van der Waals surface area contributed by atoms with Gasteiger partial charge in [0, 0.05) is 46.6 Å². The summed E-state index contributed by atoms with van der Waals surface area (Å²) >= 11 is 6.14. The first kappa shape index (κ1) is 23.2. The number of anilines is 2. The van der Waals surface area contributed by atoms with Crippen molar-refractivity contribution in [2.75, 3.05) is 29.9 Å². The van der Waals surface area contributed by atoms with Crippen molar-refractivity contribution >= 4 is 39.8 Å². The van der Waals surface area contributed by atoms with Gasteiger partial charge in [-0.3, -0.25) is 9.78 Å². The number of nitrogens with zero attached hydrogens (tertiary/aromatic N) is 2. The smallest absolute Gasteiger partial charge is 0.262 e. The minimum atomic E-state index is -0.217. The van der Waals surface area contributed by atoms with Crippen LogP contribution < -0.4 is 15.0 Å². The predicted molar refractivity (Wildman–Crippen MR) is 143 cm³/mol. The lowest BCUT2D eigenvalue weighted by molar-refractivity contribution is -0.118. The van der Waals surface area contributed by atoms with Crippen LogP contribution in [0, 0.1) is 6.92 Å². The van der Waals surface area contributed by atoms with Crippen molar-refractivity contribution in [1.82, 2.24) is 4.98 Å². The second-order valence-electron chi connectivity index (χ2n) is 8.98. The number of nitrogens with one attached hydrogen (secondary N) is 1. The second kappa shape index (κ2) is 10.4. The fourth-order valence-corrected chi connectivity index (χ4v) is 4.88. The molecule has 1 aliphatic heterocycles. The maximum absolute atomic E-state index is 12.5. The maximum atomic E-state index is 12.5. The van der Waals surface area contributed by atoms with Crippen LogP contribution in [0.15, 0.2) is 78.9 Å². The Bertz CT molecular complexity index is 1320. The van der Waals surface area contributed by atoms with E-state index in [4.69, 9.17) is 16.3 Å². The molecule has 1 N–H and O–H groups in total. The van der Waals surface area contributed by atoms with E-state index in [9.17, 15) is 4.79 Å². The summed E-state index contributed by atoms with van der Waals surface area (Å²) in [5, 5.41) is 4.31. The SMILES string of the molecule is Cc1cc(OCC(=O)Nc2ccc(N3CCC(c4ccccc4)CC3)cc2)c2cc(Cl)ccc2n1. The van der Waals surface area contributed by atoms with Gasteiger partial charge in [0.25, 0.3) is 5.91 Å². The van der Waals surface area contributed by atoms with Gasteiger partial charge in [-0.05, 0) is 73.7 Å². The number of rotatable bonds is 6. The molecule has 0 atom stereocenters. The molecular formula is C29H28ClN3O2. The van der Waals surface area contributed by atoms with Gasteiger partial charge in [-0.2, -0.15) is 0 Å². The Morgan fingerprint density at radius 1 is 1.03 bits per heavy atom. The molecule has 0 radical (unpaired) electrons. The van der Waals surface area contributed by atoms with Crippen LogP contribution in [0.4, 0.5) is 11.4 Å². The van der Waals surface area contributed by atoms with Gasteiger partial charge in [0.15, 0.2) is 6.61 Å². The highest BCUT2D eigenvalue weighted by molar-refractivity contribution is 6.31. The van der Waals surface area contributed by atoms with E-state index in [1.165, 1.54) is 11.3 Å². The molecule has 178 valence electrons. The van der Waals surface area contributed by atoms with Crippen molar-refractivity contribution in [3.63, 3.8) is 0 Å². The van der Waals surface area contributed by atoms with Crippen molar-refractivity contribution in [3.8, 4) is 5.75 Å². The third kappa shape index (κ3) is 5.57. The quantitative estimate of drug-likeness (QED) is 0.334. The Kier molecular flexibility index (Phi) is 6.87. The summed E-state index contributed by atoms with van der Waals surface area (Å²) in [6.45, 7) is 3.86. The number of amides is 1. The summed E-state index contributed by atoms with van der Waals surface area (Å²) in [7, 11) is 0. The molecule has 1 saturated heterocycles. The molecule has 2 heterocycles. The van der Waals surface area contributed by atoms with E-state index in [2.05, 4.69) is 57.7 Å². The highest BCUT2D eigenvalue weighted by Crippen LogP contribution is 2.31. The molecule has 1 aromatic heterocycles. The number of halogens is 1. The molecular weight excluding hydrogens is 458 g/mol. The van der Waals surface area contributed by atoms with Crippen LogP contribution in [-0.4, -0.2) is 30.6 Å². The molecule has 0 spiro atoms. The number of aromatic nitrogens is 1. The average molecular weight is 486 g/mol. The number of carbonyl (C=O) groups excluding carboxylic acids is 1. The molecule has 6 heteroatoms. The lowest BCUT2D eigenvalue weighted by atomic mass is 9.89. The first-order valence-electron chi connectivity index (χ1n) is 11.9. The Hall–Kier alpha value is -3.57. The Balaban J connectivity index is 1.16. The van der Waals surface area contributed by atoms with E-state index >= 15 is 0 Å². The molecule has 1 amide bonds. The third-order valence-corrected chi connectivity index (χ3v) is 6.74. The fourth-order valence-electron chi connectivity index (χ4n) is 4.70. The van der Waals surface area contributed by atoms with Crippen LogP contribution >= 0.6 is 11.6 Å². The molecule has 5 rings (SSSR count). The van der Waals surface area contributed by atoms with Gasteiger partial charge in [-0.15, -0.1) is 0 Å². The van der Waals surface area contributed by atoms with E-state index in [0.717, 1.165) is 48.2 Å². The van der Waals surface area contributed by atoms with E-state index in [0.29, 0.717) is 16.7 Å². The van der Waals surface area contributed by atoms with Crippen LogP contribution in [0.2, 0.25) is 5.02 Å². The number of fused-ring (bicyclic) bond motifs is 1. The van der Waals surface area contributed by atoms with Crippen LogP contribution in [0.3, 0.4) is 0 Å². The van der Waals surface area contributed by atoms with Gasteiger partial charge >= 0.3 is 0 Å². The van der Waals surface area contributed by atoms with Crippen molar-refractivity contribution in [1.29, 1.82) is 0 Å². The number of pyridine rings is 1. The molecule has 0 bridgehead atoms. The molecule has 0 aliphatic carbocycles. The van der Waals surface area contributed by atoms with Gasteiger partial charge in [0.1, 0.15) is 5.75 Å². The number of piperidine rings is 1. The third-order valence-electron chi connectivity index (χ3n) is 6.50. The van der Waals surface area contributed by atoms with Crippen LogP contribution in [0.5, 0.6) is 5.75 Å². The summed E-state index contributed by atoms with van der Waals surface area (Å²) in [6, 6.07) is 26.1. The van der Waals surface area contributed by atoms with E-state index in [1.54, 1.807) is 12.1 Å². The Morgan fingerprint density at radius 2 is 1.77 bits per heavy atom. The molecule has 1 aliphatic rings. The first-order valence-corrected chi connectivity index (χ1v) is 12.3. The summed E-state index contributed by atoms with van der Waals surface area (Å²) in [6.07, 6.45) is 2.29. The summed E-state index contributed by atoms with van der Waals surface area (Å²) in [5.74, 6) is 1.01. The molecule has 1 fully saturated rings.